The maximum atomic E-state index is 5.85. The summed E-state index contributed by atoms with van der Waals surface area (Å²) >= 11 is 0. The minimum atomic E-state index is 0.0978. The van der Waals surface area contributed by atoms with Gasteiger partial charge in [0.15, 0.2) is 0 Å². The number of pyridine rings is 2. The van der Waals surface area contributed by atoms with Crippen LogP contribution in [-0.2, 0) is 11.3 Å². The standard InChI is InChI=1S/C16H19N3O/c1-12-4-7-18-10-14(12)11-19-15-5-8-20-16(15)13-3-2-6-17-9-13/h2-4,6-7,9-10,15-16,19H,5,8,11H2,1H3/t15-,16+/m0/s1. The zero-order chi connectivity index (χ0) is 13.8. The van der Waals surface area contributed by atoms with Crippen molar-refractivity contribution in [3.8, 4) is 0 Å². The first-order valence-corrected chi connectivity index (χ1v) is 6.99. The second-order valence-electron chi connectivity index (χ2n) is 5.16. The highest BCUT2D eigenvalue weighted by Crippen LogP contribution is 2.28. The fourth-order valence-electron chi connectivity index (χ4n) is 2.59. The van der Waals surface area contributed by atoms with Crippen LogP contribution >= 0.6 is 0 Å². The summed E-state index contributed by atoms with van der Waals surface area (Å²) in [5.74, 6) is 0. The summed E-state index contributed by atoms with van der Waals surface area (Å²) in [7, 11) is 0. The quantitative estimate of drug-likeness (QED) is 0.926. The number of aromatic nitrogens is 2. The summed E-state index contributed by atoms with van der Waals surface area (Å²) in [6, 6.07) is 6.41. The predicted molar refractivity (Wildman–Crippen MR) is 77.1 cm³/mol. The molecule has 1 saturated heterocycles. The number of hydrogen-bond acceptors (Lipinski definition) is 4. The van der Waals surface area contributed by atoms with Gasteiger partial charge in [0.05, 0.1) is 6.10 Å². The summed E-state index contributed by atoms with van der Waals surface area (Å²) in [4.78, 5) is 8.37. The van der Waals surface area contributed by atoms with E-state index in [9.17, 15) is 0 Å². The third-order valence-electron chi connectivity index (χ3n) is 3.81. The summed E-state index contributed by atoms with van der Waals surface area (Å²) < 4.78 is 5.85. The monoisotopic (exact) mass is 269 g/mol. The van der Waals surface area contributed by atoms with E-state index in [0.717, 1.165) is 25.1 Å². The van der Waals surface area contributed by atoms with Crippen molar-refractivity contribution in [1.82, 2.24) is 15.3 Å². The maximum Gasteiger partial charge on any atom is 0.0993 e. The Kier molecular flexibility index (Phi) is 4.04. The van der Waals surface area contributed by atoms with E-state index in [1.165, 1.54) is 11.1 Å². The van der Waals surface area contributed by atoms with E-state index in [1.807, 2.05) is 30.7 Å². The number of hydrogen-bond donors (Lipinski definition) is 1. The highest BCUT2D eigenvalue weighted by Gasteiger charge is 2.29. The van der Waals surface area contributed by atoms with Gasteiger partial charge < -0.3 is 10.1 Å². The molecule has 1 fully saturated rings. The first kappa shape index (κ1) is 13.2. The van der Waals surface area contributed by atoms with Crippen LogP contribution in [-0.4, -0.2) is 22.6 Å². The van der Waals surface area contributed by atoms with Crippen LogP contribution in [0.1, 0.15) is 29.2 Å². The molecule has 0 saturated carbocycles. The van der Waals surface area contributed by atoms with Crippen LogP contribution < -0.4 is 5.32 Å². The molecular weight excluding hydrogens is 250 g/mol. The SMILES string of the molecule is Cc1ccncc1CN[C@H]1CCO[C@@H]1c1cccnc1. The first-order chi connectivity index (χ1) is 9.84. The normalized spacial score (nSPS) is 22.1. The van der Waals surface area contributed by atoms with Crippen molar-refractivity contribution in [1.29, 1.82) is 0 Å². The number of aryl methyl sites for hydroxylation is 1. The Morgan fingerprint density at radius 1 is 1.25 bits per heavy atom. The molecule has 20 heavy (non-hydrogen) atoms. The zero-order valence-electron chi connectivity index (χ0n) is 11.6. The lowest BCUT2D eigenvalue weighted by atomic mass is 10.0. The van der Waals surface area contributed by atoms with Crippen LogP contribution in [0.3, 0.4) is 0 Å². The van der Waals surface area contributed by atoms with E-state index in [4.69, 9.17) is 4.74 Å². The molecule has 1 aliphatic rings. The molecule has 3 heterocycles. The second kappa shape index (κ2) is 6.11. The van der Waals surface area contributed by atoms with Crippen LogP contribution in [0.5, 0.6) is 0 Å². The van der Waals surface area contributed by atoms with E-state index in [-0.39, 0.29) is 6.10 Å². The summed E-state index contributed by atoms with van der Waals surface area (Å²) in [6.45, 7) is 3.73. The van der Waals surface area contributed by atoms with E-state index in [0.29, 0.717) is 6.04 Å². The molecule has 1 N–H and O–H groups in total. The van der Waals surface area contributed by atoms with Crippen LogP contribution in [0.2, 0.25) is 0 Å². The molecule has 0 bridgehead atoms. The molecule has 1 aliphatic heterocycles. The van der Waals surface area contributed by atoms with E-state index >= 15 is 0 Å². The molecule has 3 rings (SSSR count). The minimum absolute atomic E-state index is 0.0978. The van der Waals surface area contributed by atoms with Gasteiger partial charge in [-0.05, 0) is 36.6 Å². The lowest BCUT2D eigenvalue weighted by molar-refractivity contribution is 0.0982. The Morgan fingerprint density at radius 2 is 2.15 bits per heavy atom. The van der Waals surface area contributed by atoms with Crippen molar-refractivity contribution in [2.75, 3.05) is 6.61 Å². The molecule has 0 spiro atoms. The molecule has 4 nitrogen and oxygen atoms in total. The van der Waals surface area contributed by atoms with Crippen molar-refractivity contribution in [3.63, 3.8) is 0 Å². The van der Waals surface area contributed by atoms with Gasteiger partial charge in [0.2, 0.25) is 0 Å². The molecule has 0 amide bonds. The van der Waals surface area contributed by atoms with Gasteiger partial charge in [0.25, 0.3) is 0 Å². The largest absolute Gasteiger partial charge is 0.372 e. The van der Waals surface area contributed by atoms with Gasteiger partial charge in [-0.25, -0.2) is 0 Å². The zero-order valence-corrected chi connectivity index (χ0v) is 11.6. The van der Waals surface area contributed by atoms with Crippen LogP contribution in [0.4, 0.5) is 0 Å². The number of rotatable bonds is 4. The molecule has 2 aromatic heterocycles. The Hall–Kier alpha value is -1.78. The van der Waals surface area contributed by atoms with Crippen molar-refractivity contribution in [2.45, 2.75) is 32.0 Å². The first-order valence-electron chi connectivity index (χ1n) is 6.99. The van der Waals surface area contributed by atoms with Crippen molar-refractivity contribution in [3.05, 3.63) is 59.7 Å². The molecule has 0 unspecified atom stereocenters. The van der Waals surface area contributed by atoms with Crippen molar-refractivity contribution in [2.24, 2.45) is 0 Å². The van der Waals surface area contributed by atoms with Crippen molar-refractivity contribution < 1.29 is 4.74 Å². The predicted octanol–water partition coefficient (Wildman–Crippen LogP) is 2.40. The number of nitrogens with zero attached hydrogens (tertiary/aromatic N) is 2. The van der Waals surface area contributed by atoms with E-state index < -0.39 is 0 Å². The van der Waals surface area contributed by atoms with Gasteiger partial charge in [-0.15, -0.1) is 0 Å². The molecule has 4 heteroatoms. The van der Waals surface area contributed by atoms with Gasteiger partial charge in [-0.3, -0.25) is 9.97 Å². The maximum absolute atomic E-state index is 5.85. The molecule has 0 radical (unpaired) electrons. The lowest BCUT2D eigenvalue weighted by Gasteiger charge is -2.20. The van der Waals surface area contributed by atoms with Gasteiger partial charge in [-0.2, -0.15) is 0 Å². The van der Waals surface area contributed by atoms with E-state index in [2.05, 4.69) is 28.3 Å². The fraction of sp³-hybridized carbons (Fsp3) is 0.375. The molecule has 2 aromatic rings. The summed E-state index contributed by atoms with van der Waals surface area (Å²) in [6.07, 6.45) is 8.56. The second-order valence-corrected chi connectivity index (χ2v) is 5.16. The number of nitrogens with one attached hydrogen (secondary N) is 1. The van der Waals surface area contributed by atoms with Gasteiger partial charge in [0, 0.05) is 49.5 Å². The Bertz CT molecular complexity index is 559. The minimum Gasteiger partial charge on any atom is -0.372 e. The third-order valence-corrected chi connectivity index (χ3v) is 3.81. The van der Waals surface area contributed by atoms with Crippen LogP contribution in [0.15, 0.2) is 43.0 Å². The van der Waals surface area contributed by atoms with Crippen LogP contribution in [0, 0.1) is 6.92 Å². The summed E-state index contributed by atoms with van der Waals surface area (Å²) in [5, 5.41) is 3.59. The molecule has 104 valence electrons. The van der Waals surface area contributed by atoms with E-state index in [1.54, 1.807) is 6.20 Å². The average molecular weight is 269 g/mol. The molecule has 2 atom stereocenters. The van der Waals surface area contributed by atoms with Gasteiger partial charge >= 0.3 is 0 Å². The Labute approximate surface area is 119 Å². The van der Waals surface area contributed by atoms with Crippen LogP contribution in [0.25, 0.3) is 0 Å². The average Bonchev–Trinajstić information content (AvgIpc) is 2.96. The summed E-state index contributed by atoms with van der Waals surface area (Å²) in [5.41, 5.74) is 3.65. The van der Waals surface area contributed by atoms with Crippen molar-refractivity contribution >= 4 is 0 Å². The number of ether oxygens (including phenoxy) is 1. The highest BCUT2D eigenvalue weighted by molar-refractivity contribution is 5.22. The Balaban J connectivity index is 1.67. The van der Waals surface area contributed by atoms with Gasteiger partial charge in [-0.1, -0.05) is 6.07 Å². The molecule has 0 aliphatic carbocycles. The Morgan fingerprint density at radius 3 is 2.95 bits per heavy atom. The smallest absolute Gasteiger partial charge is 0.0993 e. The lowest BCUT2D eigenvalue weighted by Crippen LogP contribution is -2.31. The third kappa shape index (κ3) is 2.86. The van der Waals surface area contributed by atoms with Gasteiger partial charge in [0.1, 0.15) is 0 Å². The topological polar surface area (TPSA) is 47.0 Å². The fourth-order valence-corrected chi connectivity index (χ4v) is 2.59. The molecular formula is C16H19N3O. The molecule has 0 aromatic carbocycles. The highest BCUT2D eigenvalue weighted by atomic mass is 16.5.